The third kappa shape index (κ3) is 9.97. The van der Waals surface area contributed by atoms with Gasteiger partial charge in [-0.05, 0) is 42.7 Å². The van der Waals surface area contributed by atoms with Gasteiger partial charge in [0.2, 0.25) is 11.8 Å². The van der Waals surface area contributed by atoms with Crippen LogP contribution in [0.15, 0.2) is 60.8 Å². The number of carbonyl (C=O) groups excluding carboxylic acids is 2. The maximum Gasteiger partial charge on any atom is 0.416 e. The van der Waals surface area contributed by atoms with Gasteiger partial charge in [0.1, 0.15) is 6.04 Å². The number of halogens is 3. The van der Waals surface area contributed by atoms with Crippen LogP contribution in [0.2, 0.25) is 0 Å². The molecule has 13 heteroatoms. The van der Waals surface area contributed by atoms with Gasteiger partial charge in [-0.1, -0.05) is 30.3 Å². The number of anilines is 1. The number of nitrogens with two attached hydrogens (primary N) is 4. The normalized spacial score (nSPS) is 13.5. The number of hydrogen-bond donors (Lipinski definition) is 6. The summed E-state index contributed by atoms with van der Waals surface area (Å²) in [7, 11) is 0. The minimum Gasteiger partial charge on any atom is -0.343 e. The third-order valence-electron chi connectivity index (χ3n) is 7.51. The minimum atomic E-state index is -4.49. The molecule has 0 saturated carbocycles. The molecule has 2 amide bonds. The Bertz CT molecular complexity index is 1320. The van der Waals surface area contributed by atoms with Gasteiger partial charge >= 0.3 is 6.18 Å². The summed E-state index contributed by atoms with van der Waals surface area (Å²) in [5.41, 5.74) is 24.5. The molecule has 1 heterocycles. The Morgan fingerprint density at radius 2 is 1.51 bits per heavy atom. The molecule has 2 aromatic carbocycles. The molecule has 0 bridgehead atoms. The Labute approximate surface area is 249 Å². The van der Waals surface area contributed by atoms with Crippen LogP contribution in [-0.4, -0.2) is 79.2 Å². The summed E-state index contributed by atoms with van der Waals surface area (Å²) < 4.78 is 39.8. The monoisotopic (exact) mass is 603 g/mol. The van der Waals surface area contributed by atoms with Gasteiger partial charge in [-0.2, -0.15) is 13.2 Å². The molecule has 1 aromatic heterocycles. The second kappa shape index (κ2) is 15.7. The van der Waals surface area contributed by atoms with Crippen LogP contribution in [0.4, 0.5) is 18.9 Å². The number of fused-ring (bicyclic) bond motifs is 1. The summed E-state index contributed by atoms with van der Waals surface area (Å²) in [6.45, 7) is 4.22. The largest absolute Gasteiger partial charge is 0.416 e. The number of amides is 2. The van der Waals surface area contributed by atoms with Crippen molar-refractivity contribution >= 4 is 28.4 Å². The summed E-state index contributed by atoms with van der Waals surface area (Å²) in [4.78, 5) is 30.9. The number of aromatic nitrogens is 1. The molecule has 0 saturated heterocycles. The van der Waals surface area contributed by atoms with Gasteiger partial charge in [0.25, 0.3) is 0 Å². The minimum absolute atomic E-state index is 0.0487. The number of nitrogens with one attached hydrogen (secondary N) is 2. The number of alkyl halides is 3. The third-order valence-corrected chi connectivity index (χ3v) is 7.51. The number of hydrogen-bond acceptors (Lipinski definition) is 7. The second-order valence-corrected chi connectivity index (χ2v) is 10.7. The van der Waals surface area contributed by atoms with E-state index in [1.54, 1.807) is 6.07 Å². The van der Waals surface area contributed by atoms with E-state index in [9.17, 15) is 22.8 Å². The van der Waals surface area contributed by atoms with Crippen molar-refractivity contribution < 1.29 is 27.2 Å². The van der Waals surface area contributed by atoms with E-state index in [-0.39, 0.29) is 6.42 Å². The molecule has 3 rings (SSSR count). The Hall–Kier alpha value is -3.62. The molecule has 43 heavy (non-hydrogen) atoms. The highest BCUT2D eigenvalue weighted by Crippen LogP contribution is 2.29. The number of quaternary nitrogens is 1. The first kappa shape index (κ1) is 33.9. The van der Waals surface area contributed by atoms with Gasteiger partial charge < -0.3 is 38.1 Å². The van der Waals surface area contributed by atoms with E-state index in [4.69, 9.17) is 22.9 Å². The maximum atomic E-state index is 13.4. The van der Waals surface area contributed by atoms with E-state index in [2.05, 4.69) is 15.6 Å². The first-order valence-corrected chi connectivity index (χ1v) is 14.3. The fourth-order valence-corrected chi connectivity index (χ4v) is 5.19. The molecule has 10 nitrogen and oxygen atoms in total. The predicted molar refractivity (Wildman–Crippen MR) is 162 cm³/mol. The highest BCUT2D eigenvalue weighted by atomic mass is 19.4. The molecule has 3 aromatic rings. The first-order chi connectivity index (χ1) is 20.5. The lowest BCUT2D eigenvalue weighted by atomic mass is 10.0. The van der Waals surface area contributed by atoms with Gasteiger partial charge in [0.05, 0.1) is 55.2 Å². The average molecular weight is 604 g/mol. The molecule has 1 unspecified atom stereocenters. The van der Waals surface area contributed by atoms with Crippen LogP contribution in [0, 0.1) is 0 Å². The van der Waals surface area contributed by atoms with Crippen molar-refractivity contribution in [3.8, 4) is 0 Å². The molecule has 0 radical (unpaired) electrons. The molecular formula is C30H42F3N8O2+. The zero-order valence-corrected chi connectivity index (χ0v) is 24.2. The Kier molecular flexibility index (Phi) is 12.4. The molecule has 0 aliphatic rings. The number of rotatable bonds is 16. The molecule has 0 aliphatic carbocycles. The highest BCUT2D eigenvalue weighted by molar-refractivity contribution is 5.99. The first-order valence-electron chi connectivity index (χ1n) is 14.3. The summed E-state index contributed by atoms with van der Waals surface area (Å²) in [6.07, 6.45) is -2.10. The maximum absolute atomic E-state index is 13.4. The van der Waals surface area contributed by atoms with Crippen LogP contribution in [0.3, 0.4) is 0 Å². The SMILES string of the molecule is NCC[N+](CCN)(CCN)CCCC(N)C(=O)N[C@H](Cc1ccc(C(F)(F)F)cc1)C(=O)Nc1cnc2ccccc2c1. The van der Waals surface area contributed by atoms with Crippen LogP contribution >= 0.6 is 0 Å². The van der Waals surface area contributed by atoms with Gasteiger partial charge in [-0.25, -0.2) is 0 Å². The summed E-state index contributed by atoms with van der Waals surface area (Å²) >= 11 is 0. The summed E-state index contributed by atoms with van der Waals surface area (Å²) in [6, 6.07) is 11.6. The Morgan fingerprint density at radius 3 is 2.12 bits per heavy atom. The average Bonchev–Trinajstić information content (AvgIpc) is 2.97. The summed E-state index contributed by atoms with van der Waals surface area (Å²) in [5.74, 6) is -1.10. The summed E-state index contributed by atoms with van der Waals surface area (Å²) in [5, 5.41) is 6.28. The van der Waals surface area contributed by atoms with Crippen molar-refractivity contribution in [2.45, 2.75) is 37.5 Å². The van der Waals surface area contributed by atoms with E-state index < -0.39 is 35.6 Å². The van der Waals surface area contributed by atoms with Crippen molar-refractivity contribution in [2.24, 2.45) is 22.9 Å². The second-order valence-electron chi connectivity index (χ2n) is 10.7. The Morgan fingerprint density at radius 1 is 0.884 bits per heavy atom. The van der Waals surface area contributed by atoms with E-state index in [1.165, 1.54) is 18.3 Å². The van der Waals surface area contributed by atoms with Crippen molar-refractivity contribution in [3.05, 3.63) is 71.9 Å². The van der Waals surface area contributed by atoms with Crippen LogP contribution in [0.1, 0.15) is 24.0 Å². The predicted octanol–water partition coefficient (Wildman–Crippen LogP) is 1.72. The lowest BCUT2D eigenvalue weighted by molar-refractivity contribution is -0.924. The van der Waals surface area contributed by atoms with Gasteiger partial charge in [0, 0.05) is 31.4 Å². The number of carbonyl (C=O) groups is 2. The van der Waals surface area contributed by atoms with Crippen molar-refractivity contribution in [3.63, 3.8) is 0 Å². The molecule has 0 aliphatic heterocycles. The molecular weight excluding hydrogens is 561 g/mol. The van der Waals surface area contributed by atoms with Crippen molar-refractivity contribution in [1.82, 2.24) is 10.3 Å². The fourth-order valence-electron chi connectivity index (χ4n) is 5.19. The van der Waals surface area contributed by atoms with Crippen molar-refractivity contribution in [1.29, 1.82) is 0 Å². The van der Waals surface area contributed by atoms with Crippen LogP contribution in [0.25, 0.3) is 10.9 Å². The van der Waals surface area contributed by atoms with Gasteiger partial charge in [-0.3, -0.25) is 14.6 Å². The van der Waals surface area contributed by atoms with Crippen LogP contribution < -0.4 is 33.6 Å². The van der Waals surface area contributed by atoms with Gasteiger partial charge in [-0.15, -0.1) is 0 Å². The highest BCUT2D eigenvalue weighted by Gasteiger charge is 2.31. The standard InChI is InChI=1S/C30H41F3N8O2/c31-30(32,33)23-9-7-21(8-10-23)18-27(29(43)39-24-19-22-4-1-2-6-26(22)38-20-24)40-28(42)25(37)5-3-14-41(15-11-34,16-12-35)17-13-36/h1-2,4,6-10,19-20,25,27H,3,5,11-18,34-37H2,(H-,39,40,42,43)/p+1/t25?,27-/m1/s1. The van der Waals surface area contributed by atoms with E-state index in [1.807, 2.05) is 24.3 Å². The smallest absolute Gasteiger partial charge is 0.343 e. The molecule has 10 N–H and O–H groups in total. The van der Waals surface area contributed by atoms with E-state index in [0.717, 1.165) is 23.0 Å². The van der Waals surface area contributed by atoms with Crippen LogP contribution in [0.5, 0.6) is 0 Å². The van der Waals surface area contributed by atoms with E-state index in [0.29, 0.717) is 74.4 Å². The quantitative estimate of drug-likeness (QED) is 0.135. The topological polar surface area (TPSA) is 175 Å². The van der Waals surface area contributed by atoms with Crippen molar-refractivity contribution in [2.75, 3.05) is 51.1 Å². The number of benzene rings is 2. The lowest BCUT2D eigenvalue weighted by Gasteiger charge is -2.38. The molecule has 0 spiro atoms. The number of pyridine rings is 1. The molecule has 0 fully saturated rings. The van der Waals surface area contributed by atoms with Gasteiger partial charge in [0.15, 0.2) is 0 Å². The number of para-hydroxylation sites is 1. The zero-order valence-electron chi connectivity index (χ0n) is 24.2. The fraction of sp³-hybridized carbons (Fsp3) is 0.433. The lowest BCUT2D eigenvalue weighted by Crippen LogP contribution is -2.56. The number of nitrogens with zero attached hydrogens (tertiary/aromatic N) is 2. The molecule has 234 valence electrons. The zero-order chi connectivity index (χ0) is 31.5. The van der Waals surface area contributed by atoms with E-state index >= 15 is 0 Å². The molecule has 2 atom stereocenters. The van der Waals surface area contributed by atoms with Crippen LogP contribution in [-0.2, 0) is 22.2 Å². The Balaban J connectivity index is 1.73.